The summed E-state index contributed by atoms with van der Waals surface area (Å²) in [6, 6.07) is 2.41. The molecule has 1 aromatic heterocycles. The van der Waals surface area contributed by atoms with Crippen molar-refractivity contribution < 1.29 is 4.79 Å². The molecule has 2 heterocycles. The minimum Gasteiger partial charge on any atom is -0.339 e. The normalized spacial score (nSPS) is 20.8. The molecule has 1 amide bonds. The van der Waals surface area contributed by atoms with Crippen LogP contribution in [0.5, 0.6) is 0 Å². The number of hydrogen-bond donors (Lipinski definition) is 1. The maximum Gasteiger partial charge on any atom is 0.266 e. The second-order valence-electron chi connectivity index (χ2n) is 7.51. The molecular formula is C20H27N3O2. The van der Waals surface area contributed by atoms with E-state index in [1.54, 1.807) is 6.92 Å². The number of aryl methyl sites for hydroxylation is 1. The molecule has 1 N–H and O–H groups in total. The second-order valence-corrected chi connectivity index (χ2v) is 7.51. The summed E-state index contributed by atoms with van der Waals surface area (Å²) < 4.78 is 0. The number of aromatic nitrogens is 1. The van der Waals surface area contributed by atoms with Gasteiger partial charge in [-0.05, 0) is 63.0 Å². The SMILES string of the molecule is Cc1[nH]c(=O)c(C#N)c(C)c1CCC(=O)N1CCC[C@H]1C1CCCC1. The minimum absolute atomic E-state index is 0.165. The first-order valence-corrected chi connectivity index (χ1v) is 9.45. The summed E-state index contributed by atoms with van der Waals surface area (Å²) in [7, 11) is 0. The average molecular weight is 341 g/mol. The maximum absolute atomic E-state index is 12.8. The molecule has 5 nitrogen and oxygen atoms in total. The number of hydrogen-bond acceptors (Lipinski definition) is 3. The van der Waals surface area contributed by atoms with Crippen LogP contribution in [0.25, 0.3) is 0 Å². The molecule has 1 aliphatic carbocycles. The van der Waals surface area contributed by atoms with Crippen LogP contribution in [0, 0.1) is 31.1 Å². The molecule has 1 aliphatic heterocycles. The summed E-state index contributed by atoms with van der Waals surface area (Å²) in [5, 5.41) is 9.18. The van der Waals surface area contributed by atoms with Gasteiger partial charge in [-0.2, -0.15) is 5.26 Å². The molecule has 1 saturated carbocycles. The van der Waals surface area contributed by atoms with Gasteiger partial charge in [-0.3, -0.25) is 9.59 Å². The topological polar surface area (TPSA) is 77.0 Å². The van der Waals surface area contributed by atoms with E-state index in [4.69, 9.17) is 0 Å². The van der Waals surface area contributed by atoms with Gasteiger partial charge >= 0.3 is 0 Å². The third kappa shape index (κ3) is 3.49. The summed E-state index contributed by atoms with van der Waals surface area (Å²) >= 11 is 0. The fourth-order valence-corrected chi connectivity index (χ4v) is 4.73. The number of carbonyl (C=O) groups excluding carboxylic acids is 1. The minimum atomic E-state index is -0.339. The van der Waals surface area contributed by atoms with Crippen molar-refractivity contribution in [1.82, 2.24) is 9.88 Å². The summed E-state index contributed by atoms with van der Waals surface area (Å²) in [5.41, 5.74) is 2.24. The van der Waals surface area contributed by atoms with E-state index in [-0.39, 0.29) is 17.0 Å². The van der Waals surface area contributed by atoms with Crippen molar-refractivity contribution >= 4 is 5.91 Å². The molecule has 1 saturated heterocycles. The number of aromatic amines is 1. The van der Waals surface area contributed by atoms with Crippen molar-refractivity contribution in [2.24, 2.45) is 5.92 Å². The van der Waals surface area contributed by atoms with Crippen LogP contribution >= 0.6 is 0 Å². The highest BCUT2D eigenvalue weighted by Crippen LogP contribution is 2.35. The number of H-pyrrole nitrogens is 1. The molecule has 0 unspecified atom stereocenters. The highest BCUT2D eigenvalue weighted by atomic mass is 16.2. The molecule has 2 aliphatic rings. The Hall–Kier alpha value is -2.09. The molecular weight excluding hydrogens is 314 g/mol. The highest BCUT2D eigenvalue weighted by Gasteiger charge is 2.35. The maximum atomic E-state index is 12.8. The highest BCUT2D eigenvalue weighted by molar-refractivity contribution is 5.77. The first-order chi connectivity index (χ1) is 12.0. The van der Waals surface area contributed by atoms with Crippen molar-refractivity contribution in [2.45, 2.75) is 71.3 Å². The molecule has 1 atom stereocenters. The monoisotopic (exact) mass is 341 g/mol. The van der Waals surface area contributed by atoms with E-state index in [9.17, 15) is 14.9 Å². The van der Waals surface area contributed by atoms with Crippen molar-refractivity contribution in [3.63, 3.8) is 0 Å². The number of rotatable bonds is 4. The fourth-order valence-electron chi connectivity index (χ4n) is 4.73. The lowest BCUT2D eigenvalue weighted by Crippen LogP contribution is -2.39. The zero-order valence-electron chi connectivity index (χ0n) is 15.2. The van der Waals surface area contributed by atoms with Crippen molar-refractivity contribution in [1.29, 1.82) is 5.26 Å². The summed E-state index contributed by atoms with van der Waals surface area (Å²) in [4.78, 5) is 29.5. The molecule has 5 heteroatoms. The van der Waals surface area contributed by atoms with E-state index < -0.39 is 0 Å². The number of nitriles is 1. The fraction of sp³-hybridized carbons (Fsp3) is 0.650. The van der Waals surface area contributed by atoms with E-state index in [1.807, 2.05) is 13.0 Å². The van der Waals surface area contributed by atoms with Gasteiger partial charge in [-0.25, -0.2) is 0 Å². The number of nitrogens with one attached hydrogen (secondary N) is 1. The van der Waals surface area contributed by atoms with E-state index in [2.05, 4.69) is 9.88 Å². The van der Waals surface area contributed by atoms with Crippen molar-refractivity contribution in [2.75, 3.05) is 6.54 Å². The standard InChI is InChI=1S/C20H27N3O2/c1-13-16(14(2)22-20(25)17(13)12-21)9-10-19(24)23-11-5-8-18(23)15-6-3-4-7-15/h15,18H,3-11H2,1-2H3,(H,22,25)/t18-/m0/s1. The van der Waals surface area contributed by atoms with Crippen LogP contribution in [0.4, 0.5) is 0 Å². The van der Waals surface area contributed by atoms with E-state index in [0.29, 0.717) is 30.4 Å². The summed E-state index contributed by atoms with van der Waals surface area (Å²) in [6.07, 6.45) is 8.41. The van der Waals surface area contributed by atoms with E-state index >= 15 is 0 Å². The Kier molecular flexibility index (Phi) is 5.27. The number of amides is 1. The van der Waals surface area contributed by atoms with Crippen LogP contribution in [0.15, 0.2) is 4.79 Å². The Bertz CT molecular complexity index is 753. The van der Waals surface area contributed by atoms with E-state index in [0.717, 1.165) is 30.6 Å². The van der Waals surface area contributed by atoms with Crippen LogP contribution in [-0.4, -0.2) is 28.4 Å². The van der Waals surface area contributed by atoms with Crippen LogP contribution < -0.4 is 5.56 Å². The van der Waals surface area contributed by atoms with Gasteiger partial charge in [-0.1, -0.05) is 12.8 Å². The first-order valence-electron chi connectivity index (χ1n) is 9.45. The predicted octanol–water partition coefficient (Wildman–Crippen LogP) is 2.98. The van der Waals surface area contributed by atoms with Crippen LogP contribution in [0.3, 0.4) is 0 Å². The van der Waals surface area contributed by atoms with Crippen molar-refractivity contribution in [3.05, 3.63) is 32.7 Å². The quantitative estimate of drug-likeness (QED) is 0.914. The predicted molar refractivity (Wildman–Crippen MR) is 96.3 cm³/mol. The molecule has 25 heavy (non-hydrogen) atoms. The van der Waals surface area contributed by atoms with Gasteiger partial charge in [0.05, 0.1) is 0 Å². The van der Waals surface area contributed by atoms with Gasteiger partial charge in [0, 0.05) is 24.7 Å². The van der Waals surface area contributed by atoms with Gasteiger partial charge < -0.3 is 9.88 Å². The molecule has 134 valence electrons. The Morgan fingerprint density at radius 1 is 1.24 bits per heavy atom. The summed E-state index contributed by atoms with van der Waals surface area (Å²) in [5.74, 6) is 0.908. The Labute approximate surface area is 149 Å². The molecule has 0 bridgehead atoms. The van der Waals surface area contributed by atoms with E-state index in [1.165, 1.54) is 25.7 Å². The second kappa shape index (κ2) is 7.43. The number of pyridine rings is 1. The molecule has 0 aromatic carbocycles. The van der Waals surface area contributed by atoms with Crippen molar-refractivity contribution in [3.8, 4) is 6.07 Å². The number of carbonyl (C=O) groups is 1. The van der Waals surface area contributed by atoms with Gasteiger partial charge in [0.25, 0.3) is 5.56 Å². The van der Waals surface area contributed by atoms with Gasteiger partial charge in [0.1, 0.15) is 11.6 Å². The molecule has 0 radical (unpaired) electrons. The molecule has 2 fully saturated rings. The number of likely N-dealkylation sites (tertiary alicyclic amines) is 1. The smallest absolute Gasteiger partial charge is 0.266 e. The third-order valence-electron chi connectivity index (χ3n) is 6.07. The zero-order valence-corrected chi connectivity index (χ0v) is 15.2. The number of nitrogens with zero attached hydrogens (tertiary/aromatic N) is 2. The van der Waals surface area contributed by atoms with Crippen LogP contribution in [-0.2, 0) is 11.2 Å². The molecule has 0 spiro atoms. The lowest BCUT2D eigenvalue weighted by Gasteiger charge is -2.29. The molecule has 1 aromatic rings. The Balaban J connectivity index is 1.70. The van der Waals surface area contributed by atoms with Crippen LogP contribution in [0.1, 0.15) is 67.3 Å². The first kappa shape index (κ1) is 17.7. The average Bonchev–Trinajstić information content (AvgIpc) is 3.25. The Morgan fingerprint density at radius 2 is 1.96 bits per heavy atom. The molecule has 3 rings (SSSR count). The van der Waals surface area contributed by atoms with Gasteiger partial charge in [-0.15, -0.1) is 0 Å². The lowest BCUT2D eigenvalue weighted by atomic mass is 9.95. The third-order valence-corrected chi connectivity index (χ3v) is 6.07. The lowest BCUT2D eigenvalue weighted by molar-refractivity contribution is -0.132. The zero-order chi connectivity index (χ0) is 18.0. The van der Waals surface area contributed by atoms with Gasteiger partial charge in [0.2, 0.25) is 5.91 Å². The van der Waals surface area contributed by atoms with Gasteiger partial charge in [0.15, 0.2) is 0 Å². The Morgan fingerprint density at radius 3 is 2.64 bits per heavy atom. The summed E-state index contributed by atoms with van der Waals surface area (Å²) in [6.45, 7) is 4.53. The largest absolute Gasteiger partial charge is 0.339 e. The van der Waals surface area contributed by atoms with Crippen LogP contribution in [0.2, 0.25) is 0 Å².